The molecule has 140 valence electrons. The second-order valence-corrected chi connectivity index (χ2v) is 6.61. The number of anilines is 1. The van der Waals surface area contributed by atoms with Gasteiger partial charge in [-0.15, -0.1) is 22.6 Å². The average Bonchev–Trinajstić information content (AvgIpc) is 3.47. The second-order valence-electron chi connectivity index (χ2n) is 6.61. The van der Waals surface area contributed by atoms with Gasteiger partial charge in [-0.05, 0) is 37.1 Å². The van der Waals surface area contributed by atoms with Gasteiger partial charge in [0, 0.05) is 37.8 Å². The summed E-state index contributed by atoms with van der Waals surface area (Å²) in [6.07, 6.45) is -1.68. The Hall–Kier alpha value is -1.86. The van der Waals surface area contributed by atoms with Crippen LogP contribution >= 0.6 is 12.4 Å². The fourth-order valence-electron chi connectivity index (χ4n) is 3.23. The lowest BCUT2D eigenvalue weighted by molar-refractivity contribution is -0.137. The van der Waals surface area contributed by atoms with Crippen LogP contribution in [0.5, 0.6) is 0 Å². The monoisotopic (exact) mass is 384 g/mol. The van der Waals surface area contributed by atoms with Crippen molar-refractivity contribution in [3.8, 4) is 11.3 Å². The van der Waals surface area contributed by atoms with Crippen LogP contribution in [0.3, 0.4) is 0 Å². The lowest BCUT2D eigenvalue weighted by Crippen LogP contribution is -2.47. The zero-order valence-electron chi connectivity index (χ0n) is 14.1. The van der Waals surface area contributed by atoms with Gasteiger partial charge in [-0.2, -0.15) is 13.2 Å². The Kier molecular flexibility index (Phi) is 5.39. The van der Waals surface area contributed by atoms with Crippen LogP contribution in [0, 0.1) is 0 Å². The van der Waals surface area contributed by atoms with E-state index in [0.29, 0.717) is 11.3 Å². The molecule has 1 aliphatic carbocycles. The van der Waals surface area contributed by atoms with Crippen LogP contribution < -0.4 is 4.90 Å². The normalized spacial score (nSPS) is 18.5. The maximum atomic E-state index is 12.6. The number of rotatable bonds is 3. The molecule has 0 radical (unpaired) electrons. The summed E-state index contributed by atoms with van der Waals surface area (Å²) in [7, 11) is 0. The molecule has 1 aliphatic heterocycles. The summed E-state index contributed by atoms with van der Waals surface area (Å²) in [6.45, 7) is 3.97. The lowest BCUT2D eigenvalue weighted by Gasteiger charge is -2.35. The molecule has 1 aromatic carbocycles. The molecule has 1 saturated carbocycles. The van der Waals surface area contributed by atoms with Crippen molar-refractivity contribution < 1.29 is 13.2 Å². The quantitative estimate of drug-likeness (QED) is 0.804. The van der Waals surface area contributed by atoms with E-state index in [4.69, 9.17) is 0 Å². The van der Waals surface area contributed by atoms with E-state index < -0.39 is 11.7 Å². The number of nitrogens with zero attached hydrogens (tertiary/aromatic N) is 4. The Labute approximate surface area is 156 Å². The van der Waals surface area contributed by atoms with Gasteiger partial charge < -0.3 is 4.90 Å². The molecule has 0 amide bonds. The van der Waals surface area contributed by atoms with Gasteiger partial charge in [0.05, 0.1) is 11.3 Å². The van der Waals surface area contributed by atoms with E-state index in [9.17, 15) is 13.2 Å². The Bertz CT molecular complexity index is 722. The zero-order chi connectivity index (χ0) is 17.4. The highest BCUT2D eigenvalue weighted by atomic mass is 35.5. The highest BCUT2D eigenvalue weighted by Crippen LogP contribution is 2.31. The van der Waals surface area contributed by atoms with Crippen molar-refractivity contribution in [1.29, 1.82) is 0 Å². The van der Waals surface area contributed by atoms with Crippen LogP contribution in [0.4, 0.5) is 19.0 Å². The molecule has 8 heteroatoms. The number of hydrogen-bond donors (Lipinski definition) is 0. The van der Waals surface area contributed by atoms with Gasteiger partial charge >= 0.3 is 6.18 Å². The molecule has 0 unspecified atom stereocenters. The molecule has 1 aromatic heterocycles. The second kappa shape index (κ2) is 7.40. The van der Waals surface area contributed by atoms with Gasteiger partial charge in [0.25, 0.3) is 0 Å². The van der Waals surface area contributed by atoms with Gasteiger partial charge in [0.15, 0.2) is 5.82 Å². The molecule has 2 aromatic rings. The fourth-order valence-corrected chi connectivity index (χ4v) is 3.23. The molecule has 1 saturated heterocycles. The molecular formula is C18H20ClF3N4. The van der Waals surface area contributed by atoms with Crippen LogP contribution in [0.2, 0.25) is 0 Å². The topological polar surface area (TPSA) is 32.3 Å². The van der Waals surface area contributed by atoms with Crippen molar-refractivity contribution in [2.45, 2.75) is 25.1 Å². The van der Waals surface area contributed by atoms with E-state index >= 15 is 0 Å². The molecular weight excluding hydrogens is 365 g/mol. The zero-order valence-corrected chi connectivity index (χ0v) is 14.9. The van der Waals surface area contributed by atoms with Gasteiger partial charge in [-0.3, -0.25) is 4.90 Å². The summed E-state index contributed by atoms with van der Waals surface area (Å²) in [5.41, 5.74) is 0.550. The van der Waals surface area contributed by atoms with Crippen molar-refractivity contribution in [2.75, 3.05) is 31.1 Å². The molecule has 2 heterocycles. The van der Waals surface area contributed by atoms with Crippen molar-refractivity contribution in [3.63, 3.8) is 0 Å². The molecule has 0 atom stereocenters. The Morgan fingerprint density at radius 2 is 1.50 bits per heavy atom. The maximum absolute atomic E-state index is 12.6. The summed E-state index contributed by atoms with van der Waals surface area (Å²) < 4.78 is 37.9. The van der Waals surface area contributed by atoms with Crippen LogP contribution in [0.25, 0.3) is 11.3 Å². The number of halogens is 4. The van der Waals surface area contributed by atoms with E-state index in [1.54, 1.807) is 0 Å². The molecule has 0 N–H and O–H groups in total. The molecule has 0 spiro atoms. The summed E-state index contributed by atoms with van der Waals surface area (Å²) in [4.78, 5) is 4.74. The smallest absolute Gasteiger partial charge is 0.353 e. The minimum absolute atomic E-state index is 0. The largest absolute Gasteiger partial charge is 0.416 e. The predicted molar refractivity (Wildman–Crippen MR) is 96.5 cm³/mol. The highest BCUT2D eigenvalue weighted by molar-refractivity contribution is 5.85. The minimum Gasteiger partial charge on any atom is -0.353 e. The van der Waals surface area contributed by atoms with Crippen LogP contribution in [0.1, 0.15) is 18.4 Å². The summed E-state index contributed by atoms with van der Waals surface area (Å²) in [6, 6.07) is 9.51. The first-order chi connectivity index (χ1) is 12.0. The number of benzene rings is 1. The fraction of sp³-hybridized carbons (Fsp3) is 0.444. The van der Waals surface area contributed by atoms with Crippen LogP contribution in [-0.2, 0) is 6.18 Å². The first kappa shape index (κ1) is 18.9. The Morgan fingerprint density at radius 1 is 0.846 bits per heavy atom. The van der Waals surface area contributed by atoms with E-state index in [2.05, 4.69) is 20.0 Å². The summed E-state index contributed by atoms with van der Waals surface area (Å²) in [5.74, 6) is 0.825. The number of hydrogen-bond acceptors (Lipinski definition) is 4. The molecule has 2 fully saturated rings. The Morgan fingerprint density at radius 3 is 2.00 bits per heavy atom. The maximum Gasteiger partial charge on any atom is 0.416 e. The molecule has 4 rings (SSSR count). The molecule has 26 heavy (non-hydrogen) atoms. The first-order valence-corrected chi connectivity index (χ1v) is 8.51. The third-order valence-corrected chi connectivity index (χ3v) is 4.86. The first-order valence-electron chi connectivity index (χ1n) is 8.51. The van der Waals surface area contributed by atoms with E-state index in [1.165, 1.54) is 25.0 Å². The van der Waals surface area contributed by atoms with E-state index in [1.807, 2.05) is 12.1 Å². The van der Waals surface area contributed by atoms with Crippen molar-refractivity contribution in [1.82, 2.24) is 15.1 Å². The number of piperazine rings is 1. The van der Waals surface area contributed by atoms with Gasteiger partial charge in [0.2, 0.25) is 0 Å². The average molecular weight is 385 g/mol. The number of aromatic nitrogens is 2. The SMILES string of the molecule is Cl.FC(F)(F)c1ccc(-c2ccc(N3CCN(C4CC4)CC3)nn2)cc1. The summed E-state index contributed by atoms with van der Waals surface area (Å²) in [5, 5.41) is 8.47. The number of alkyl halides is 3. The van der Waals surface area contributed by atoms with Gasteiger partial charge in [-0.25, -0.2) is 0 Å². The van der Waals surface area contributed by atoms with Crippen molar-refractivity contribution >= 4 is 18.2 Å². The van der Waals surface area contributed by atoms with Crippen LogP contribution in [-0.4, -0.2) is 47.3 Å². The van der Waals surface area contributed by atoms with E-state index in [0.717, 1.165) is 50.2 Å². The van der Waals surface area contributed by atoms with Crippen molar-refractivity contribution in [2.24, 2.45) is 0 Å². The van der Waals surface area contributed by atoms with E-state index in [-0.39, 0.29) is 12.4 Å². The molecule has 4 nitrogen and oxygen atoms in total. The molecule has 2 aliphatic rings. The highest BCUT2D eigenvalue weighted by Gasteiger charge is 2.31. The lowest BCUT2D eigenvalue weighted by atomic mass is 10.1. The minimum atomic E-state index is -4.32. The third kappa shape index (κ3) is 4.10. The standard InChI is InChI=1S/C18H19F3N4.ClH/c19-18(20,21)14-3-1-13(2-4-14)16-7-8-17(23-22-16)25-11-9-24(10-12-25)15-5-6-15;/h1-4,7-8,15H,5-6,9-12H2;1H. The van der Waals surface area contributed by atoms with Gasteiger partial charge in [0.1, 0.15) is 0 Å². The third-order valence-electron chi connectivity index (χ3n) is 4.86. The van der Waals surface area contributed by atoms with Crippen LogP contribution in [0.15, 0.2) is 36.4 Å². The summed E-state index contributed by atoms with van der Waals surface area (Å²) >= 11 is 0. The Balaban J connectivity index is 0.00000196. The molecule has 0 bridgehead atoms. The predicted octanol–water partition coefficient (Wildman–Crippen LogP) is 3.87. The van der Waals surface area contributed by atoms with Crippen molar-refractivity contribution in [3.05, 3.63) is 42.0 Å². The van der Waals surface area contributed by atoms with Gasteiger partial charge in [-0.1, -0.05) is 12.1 Å².